The van der Waals surface area contributed by atoms with E-state index in [9.17, 15) is 0 Å². The Morgan fingerprint density at radius 2 is 1.72 bits per heavy atom. The number of piperidine rings is 1. The average Bonchev–Trinajstić information content (AvgIpc) is 3.17. The minimum Gasteiger partial charge on any atom is -0.342 e. The molecular weight excluding hydrogens is 308 g/mol. The molecule has 1 N–H and O–H groups in total. The highest BCUT2D eigenvalue weighted by atomic mass is 15.3. The number of fused-ring (bicyclic) bond motifs is 3. The van der Waals surface area contributed by atoms with Gasteiger partial charge in [-0.1, -0.05) is 36.4 Å². The fourth-order valence-corrected chi connectivity index (χ4v) is 3.79. The van der Waals surface area contributed by atoms with Gasteiger partial charge >= 0.3 is 0 Å². The third-order valence-corrected chi connectivity index (χ3v) is 5.07. The highest BCUT2D eigenvalue weighted by molar-refractivity contribution is 6.10. The molecule has 4 nitrogen and oxygen atoms in total. The van der Waals surface area contributed by atoms with Crippen LogP contribution in [-0.2, 0) is 0 Å². The molecule has 4 aromatic rings. The largest absolute Gasteiger partial charge is 0.342 e. The number of hydrogen-bond acceptors (Lipinski definition) is 3. The van der Waals surface area contributed by atoms with Crippen LogP contribution in [0, 0.1) is 0 Å². The molecule has 0 unspecified atom stereocenters. The predicted octanol–water partition coefficient (Wildman–Crippen LogP) is 4.77. The lowest BCUT2D eigenvalue weighted by Gasteiger charge is -2.28. The first-order valence-corrected chi connectivity index (χ1v) is 8.98. The van der Waals surface area contributed by atoms with Crippen molar-refractivity contribution >= 4 is 27.8 Å². The van der Waals surface area contributed by atoms with Gasteiger partial charge < -0.3 is 9.88 Å². The molecule has 0 bridgehead atoms. The zero-order valence-electron chi connectivity index (χ0n) is 14.1. The zero-order valence-corrected chi connectivity index (χ0v) is 14.1. The Kier molecular flexibility index (Phi) is 3.40. The molecule has 1 saturated heterocycles. The number of aromatic amines is 1. The molecule has 124 valence electrons. The quantitative estimate of drug-likeness (QED) is 0.576. The van der Waals surface area contributed by atoms with Crippen molar-refractivity contribution in [2.75, 3.05) is 18.0 Å². The lowest BCUT2D eigenvalue weighted by Crippen LogP contribution is -2.31. The van der Waals surface area contributed by atoms with Crippen LogP contribution in [0.15, 0.2) is 54.7 Å². The van der Waals surface area contributed by atoms with E-state index in [0.717, 1.165) is 52.1 Å². The van der Waals surface area contributed by atoms with Crippen LogP contribution in [0.5, 0.6) is 0 Å². The Hall–Kier alpha value is -2.88. The third-order valence-electron chi connectivity index (χ3n) is 5.07. The van der Waals surface area contributed by atoms with E-state index in [4.69, 9.17) is 4.98 Å². The molecule has 0 saturated carbocycles. The summed E-state index contributed by atoms with van der Waals surface area (Å²) in [4.78, 5) is 15.6. The molecule has 0 atom stereocenters. The summed E-state index contributed by atoms with van der Waals surface area (Å²) in [5, 5.41) is 2.26. The second-order valence-corrected chi connectivity index (χ2v) is 6.69. The lowest BCUT2D eigenvalue weighted by molar-refractivity contribution is 0.569. The van der Waals surface area contributed by atoms with Crippen LogP contribution < -0.4 is 4.90 Å². The standard InChI is InChI=1S/C21H20N4/c1-3-7-15(8-4-1)20-18-17(10-9-16-11-12-22-19(16)18)23-21(24-20)25-13-5-2-6-14-25/h1,3-4,7-12H,2,5-6,13-14H2,(H,23,24). The number of benzene rings is 2. The molecule has 3 heterocycles. The van der Waals surface area contributed by atoms with Crippen LogP contribution in [-0.4, -0.2) is 28.0 Å². The molecule has 2 aromatic carbocycles. The van der Waals surface area contributed by atoms with E-state index < -0.39 is 0 Å². The minimum atomic E-state index is 0.969. The Labute approximate surface area is 146 Å². The molecule has 0 radical (unpaired) electrons. The molecule has 0 amide bonds. The minimum absolute atomic E-state index is 0.969. The maximum atomic E-state index is 5.05. The van der Waals surface area contributed by atoms with Crippen molar-refractivity contribution in [3.63, 3.8) is 0 Å². The van der Waals surface area contributed by atoms with Crippen molar-refractivity contribution in [3.05, 3.63) is 54.7 Å². The molecule has 2 aromatic heterocycles. The summed E-state index contributed by atoms with van der Waals surface area (Å²) < 4.78 is 0. The van der Waals surface area contributed by atoms with Gasteiger partial charge in [-0.05, 0) is 31.4 Å². The molecule has 5 rings (SSSR count). The van der Waals surface area contributed by atoms with Crippen molar-refractivity contribution < 1.29 is 0 Å². The Balaban J connectivity index is 1.81. The van der Waals surface area contributed by atoms with E-state index >= 15 is 0 Å². The van der Waals surface area contributed by atoms with Gasteiger partial charge in [0.1, 0.15) is 0 Å². The molecule has 1 fully saturated rings. The van der Waals surface area contributed by atoms with Crippen molar-refractivity contribution in [1.82, 2.24) is 15.0 Å². The molecule has 0 spiro atoms. The van der Waals surface area contributed by atoms with Crippen molar-refractivity contribution in [2.24, 2.45) is 0 Å². The number of nitrogens with zero attached hydrogens (tertiary/aromatic N) is 3. The second-order valence-electron chi connectivity index (χ2n) is 6.69. The van der Waals surface area contributed by atoms with Crippen LogP contribution in [0.2, 0.25) is 0 Å². The summed E-state index contributed by atoms with van der Waals surface area (Å²) in [6, 6.07) is 16.8. The van der Waals surface area contributed by atoms with Gasteiger partial charge in [0.2, 0.25) is 5.95 Å². The number of H-pyrrole nitrogens is 1. The summed E-state index contributed by atoms with van der Waals surface area (Å²) in [6.45, 7) is 2.14. The normalized spacial score (nSPS) is 15.1. The van der Waals surface area contributed by atoms with Gasteiger partial charge in [-0.3, -0.25) is 4.98 Å². The van der Waals surface area contributed by atoms with Crippen LogP contribution in [0.3, 0.4) is 0 Å². The fraction of sp³-hybridized carbons (Fsp3) is 0.238. The molecule has 25 heavy (non-hydrogen) atoms. The highest BCUT2D eigenvalue weighted by Gasteiger charge is 2.17. The second kappa shape index (κ2) is 5.88. The van der Waals surface area contributed by atoms with E-state index in [2.05, 4.69) is 57.3 Å². The predicted molar refractivity (Wildman–Crippen MR) is 103 cm³/mol. The van der Waals surface area contributed by atoms with Crippen LogP contribution in [0.4, 0.5) is 5.95 Å². The first kappa shape index (κ1) is 14.5. The highest BCUT2D eigenvalue weighted by Crippen LogP contribution is 2.33. The topological polar surface area (TPSA) is 44.8 Å². The van der Waals surface area contributed by atoms with E-state index in [1.54, 1.807) is 0 Å². The van der Waals surface area contributed by atoms with Gasteiger partial charge in [-0.25, -0.2) is 4.98 Å². The molecule has 1 aliphatic rings. The van der Waals surface area contributed by atoms with E-state index in [-0.39, 0.29) is 0 Å². The fourth-order valence-electron chi connectivity index (χ4n) is 3.79. The first-order chi connectivity index (χ1) is 12.4. The summed E-state index contributed by atoms with van der Waals surface area (Å²) in [5.41, 5.74) is 4.26. The molecule has 1 aliphatic heterocycles. The van der Waals surface area contributed by atoms with E-state index in [0.29, 0.717) is 0 Å². The molecular formula is C21H20N4. The van der Waals surface area contributed by atoms with Gasteiger partial charge in [-0.15, -0.1) is 0 Å². The van der Waals surface area contributed by atoms with Gasteiger partial charge in [0, 0.05) is 30.2 Å². The van der Waals surface area contributed by atoms with Crippen LogP contribution in [0.1, 0.15) is 19.3 Å². The average molecular weight is 328 g/mol. The van der Waals surface area contributed by atoms with Gasteiger partial charge in [0.15, 0.2) is 0 Å². The number of anilines is 1. The summed E-state index contributed by atoms with van der Waals surface area (Å²) in [7, 11) is 0. The van der Waals surface area contributed by atoms with Crippen LogP contribution in [0.25, 0.3) is 33.1 Å². The number of hydrogen-bond donors (Lipinski definition) is 1. The van der Waals surface area contributed by atoms with Gasteiger partial charge in [0.25, 0.3) is 0 Å². The zero-order chi connectivity index (χ0) is 16.6. The van der Waals surface area contributed by atoms with Gasteiger partial charge in [-0.2, -0.15) is 0 Å². The summed E-state index contributed by atoms with van der Waals surface area (Å²) in [5.74, 6) is 0.969. The number of nitrogens with one attached hydrogen (secondary N) is 1. The number of rotatable bonds is 2. The van der Waals surface area contributed by atoms with E-state index in [1.165, 1.54) is 19.3 Å². The third kappa shape index (κ3) is 2.45. The van der Waals surface area contributed by atoms with Crippen molar-refractivity contribution in [2.45, 2.75) is 19.3 Å². The van der Waals surface area contributed by atoms with Crippen molar-refractivity contribution in [3.8, 4) is 11.3 Å². The maximum Gasteiger partial charge on any atom is 0.203 e. The Morgan fingerprint density at radius 1 is 0.880 bits per heavy atom. The smallest absolute Gasteiger partial charge is 0.203 e. The maximum absolute atomic E-state index is 5.05. The monoisotopic (exact) mass is 328 g/mol. The van der Waals surface area contributed by atoms with Crippen LogP contribution >= 0.6 is 0 Å². The Bertz CT molecular complexity index is 1030. The SMILES string of the molecule is c1ccc(-c2nc(N3CCCCC3)[nH]c3ccc4ccnc4c23)cc1. The van der Waals surface area contributed by atoms with Gasteiger partial charge in [0.05, 0.1) is 22.1 Å². The first-order valence-electron chi connectivity index (χ1n) is 8.98. The summed E-state index contributed by atoms with van der Waals surface area (Å²) >= 11 is 0. The Morgan fingerprint density at radius 3 is 2.56 bits per heavy atom. The summed E-state index contributed by atoms with van der Waals surface area (Å²) in [6.07, 6.45) is 5.65. The number of aromatic nitrogens is 3. The van der Waals surface area contributed by atoms with E-state index in [1.807, 2.05) is 12.3 Å². The molecule has 4 heteroatoms. The van der Waals surface area contributed by atoms with Crippen molar-refractivity contribution in [1.29, 1.82) is 0 Å². The lowest BCUT2D eigenvalue weighted by atomic mass is 10.0. The molecule has 0 aliphatic carbocycles.